The van der Waals surface area contributed by atoms with Crippen molar-refractivity contribution in [2.24, 2.45) is 13.0 Å². The van der Waals surface area contributed by atoms with E-state index in [9.17, 15) is 14.4 Å². The number of aromatic nitrogens is 3. The number of halogens is 1. The second-order valence-electron chi connectivity index (χ2n) is 7.48. The van der Waals surface area contributed by atoms with Gasteiger partial charge in [-0.25, -0.2) is 9.78 Å². The van der Waals surface area contributed by atoms with E-state index in [0.29, 0.717) is 16.3 Å². The van der Waals surface area contributed by atoms with Crippen molar-refractivity contribution in [1.29, 1.82) is 0 Å². The number of allylic oxidation sites excluding steroid dienone is 1. The molecule has 0 spiro atoms. The lowest BCUT2D eigenvalue weighted by atomic mass is 9.88. The van der Waals surface area contributed by atoms with Gasteiger partial charge in [0, 0.05) is 29.8 Å². The molecule has 30 heavy (non-hydrogen) atoms. The third-order valence-electron chi connectivity index (χ3n) is 5.07. The summed E-state index contributed by atoms with van der Waals surface area (Å²) in [6, 6.07) is 7.13. The molecule has 154 valence electrons. The predicted molar refractivity (Wildman–Crippen MR) is 112 cm³/mol. The smallest absolute Gasteiger partial charge is 0.404 e. The summed E-state index contributed by atoms with van der Waals surface area (Å²) in [6.07, 6.45) is 2.37. The van der Waals surface area contributed by atoms with Gasteiger partial charge in [0.1, 0.15) is 0 Å². The van der Waals surface area contributed by atoms with E-state index >= 15 is 0 Å². The zero-order valence-electron chi connectivity index (χ0n) is 16.5. The molecule has 1 atom stereocenters. The van der Waals surface area contributed by atoms with Gasteiger partial charge >= 0.3 is 6.09 Å². The molecule has 1 aromatic carbocycles. The molecule has 2 amide bonds. The van der Waals surface area contributed by atoms with Crippen LogP contribution >= 0.6 is 11.6 Å². The molecule has 0 bridgehead atoms. The first-order chi connectivity index (χ1) is 14.2. The highest BCUT2D eigenvalue weighted by atomic mass is 35.5. The molecule has 1 unspecified atom stereocenters. The van der Waals surface area contributed by atoms with Crippen LogP contribution in [0.25, 0.3) is 22.3 Å². The standard InChI is InChI=1S/C21H19ClN4O4/c1-10(2)13(8-17-20(28)25-21(29)30-17)12-4-5-15(24-19(12)27)11-6-14(22)18-16(7-11)23-9-26(18)3/h4-10,13H,1-3H3,(H,24,27)(H,25,28,29)/b17-8-. The van der Waals surface area contributed by atoms with Gasteiger partial charge in [0.2, 0.25) is 0 Å². The molecule has 1 fully saturated rings. The Bertz CT molecular complexity index is 1270. The first-order valence-corrected chi connectivity index (χ1v) is 9.71. The fourth-order valence-electron chi connectivity index (χ4n) is 3.55. The molecule has 2 N–H and O–H groups in total. The van der Waals surface area contributed by atoms with Crippen molar-refractivity contribution < 1.29 is 14.3 Å². The van der Waals surface area contributed by atoms with Gasteiger partial charge in [0.05, 0.1) is 22.4 Å². The molecule has 0 radical (unpaired) electrons. The maximum absolute atomic E-state index is 12.9. The fraction of sp³-hybridized carbons (Fsp3) is 0.238. The van der Waals surface area contributed by atoms with Gasteiger partial charge in [0.25, 0.3) is 11.5 Å². The van der Waals surface area contributed by atoms with Gasteiger partial charge in [-0.3, -0.25) is 14.9 Å². The normalized spacial score (nSPS) is 16.4. The summed E-state index contributed by atoms with van der Waals surface area (Å²) in [5.41, 5.74) is 3.03. The molecule has 3 heterocycles. The summed E-state index contributed by atoms with van der Waals surface area (Å²) in [7, 11) is 1.86. The lowest BCUT2D eigenvalue weighted by Crippen LogP contribution is -2.21. The Hall–Kier alpha value is -3.39. The number of alkyl carbamates (subject to hydrolysis) is 1. The Morgan fingerprint density at radius 3 is 2.60 bits per heavy atom. The summed E-state index contributed by atoms with van der Waals surface area (Å²) in [4.78, 5) is 43.2. The zero-order valence-corrected chi connectivity index (χ0v) is 17.3. The van der Waals surface area contributed by atoms with Crippen molar-refractivity contribution in [2.45, 2.75) is 19.8 Å². The number of hydrogen-bond acceptors (Lipinski definition) is 5. The van der Waals surface area contributed by atoms with E-state index < -0.39 is 17.9 Å². The van der Waals surface area contributed by atoms with Gasteiger partial charge in [0.15, 0.2) is 5.76 Å². The van der Waals surface area contributed by atoms with Crippen LogP contribution in [0.3, 0.4) is 0 Å². The highest BCUT2D eigenvalue weighted by Crippen LogP contribution is 2.30. The van der Waals surface area contributed by atoms with Crippen molar-refractivity contribution in [3.63, 3.8) is 0 Å². The average molecular weight is 427 g/mol. The van der Waals surface area contributed by atoms with E-state index in [0.717, 1.165) is 16.6 Å². The minimum absolute atomic E-state index is 0.0177. The number of ether oxygens (including phenoxy) is 1. The lowest BCUT2D eigenvalue weighted by Gasteiger charge is -2.17. The number of H-pyrrole nitrogens is 1. The topological polar surface area (TPSA) is 106 Å². The average Bonchev–Trinajstić information content (AvgIpc) is 3.21. The summed E-state index contributed by atoms with van der Waals surface area (Å²) < 4.78 is 6.72. The molecule has 1 aliphatic heterocycles. The summed E-state index contributed by atoms with van der Waals surface area (Å²) in [6.45, 7) is 3.83. The van der Waals surface area contributed by atoms with Crippen LogP contribution in [0.2, 0.25) is 5.02 Å². The van der Waals surface area contributed by atoms with Crippen LogP contribution < -0.4 is 10.9 Å². The first kappa shape index (κ1) is 19.9. The summed E-state index contributed by atoms with van der Waals surface area (Å²) in [5.74, 6) is -1.15. The van der Waals surface area contributed by atoms with Crippen molar-refractivity contribution >= 4 is 34.6 Å². The van der Waals surface area contributed by atoms with E-state index in [1.54, 1.807) is 24.5 Å². The number of rotatable bonds is 4. The number of amides is 2. The molecular weight excluding hydrogens is 408 g/mol. The van der Waals surface area contributed by atoms with Gasteiger partial charge in [-0.2, -0.15) is 0 Å². The lowest BCUT2D eigenvalue weighted by molar-refractivity contribution is -0.116. The number of nitrogens with one attached hydrogen (secondary N) is 2. The summed E-state index contributed by atoms with van der Waals surface area (Å²) >= 11 is 6.40. The maximum Gasteiger partial charge on any atom is 0.419 e. The predicted octanol–water partition coefficient (Wildman–Crippen LogP) is 3.47. The van der Waals surface area contributed by atoms with Crippen LogP contribution in [0.4, 0.5) is 4.79 Å². The first-order valence-electron chi connectivity index (χ1n) is 9.33. The van der Waals surface area contributed by atoms with E-state index in [-0.39, 0.29) is 17.2 Å². The Labute approximate surface area is 176 Å². The number of nitrogens with zero attached hydrogens (tertiary/aromatic N) is 2. The molecule has 0 saturated carbocycles. The number of cyclic esters (lactones) is 1. The Morgan fingerprint density at radius 1 is 1.20 bits per heavy atom. The van der Waals surface area contributed by atoms with Crippen molar-refractivity contribution in [3.05, 3.63) is 63.4 Å². The number of aromatic amines is 1. The summed E-state index contributed by atoms with van der Waals surface area (Å²) in [5, 5.41) is 2.59. The van der Waals surface area contributed by atoms with Gasteiger partial charge in [-0.05, 0) is 30.2 Å². The quantitative estimate of drug-likeness (QED) is 0.621. The number of hydrogen-bond donors (Lipinski definition) is 2. The van der Waals surface area contributed by atoms with Gasteiger partial charge in [-0.15, -0.1) is 0 Å². The van der Waals surface area contributed by atoms with E-state index in [1.165, 1.54) is 6.08 Å². The van der Waals surface area contributed by atoms with E-state index in [2.05, 4.69) is 15.3 Å². The number of aryl methyl sites for hydroxylation is 1. The number of carbonyl (C=O) groups is 2. The highest BCUT2D eigenvalue weighted by molar-refractivity contribution is 6.35. The SMILES string of the molecule is CC(C)C(/C=C1\OC(=O)NC1=O)c1ccc(-c2cc(Cl)c3c(c2)ncn3C)[nH]c1=O. The molecule has 4 rings (SSSR count). The Morgan fingerprint density at radius 2 is 1.97 bits per heavy atom. The largest absolute Gasteiger partial charge is 0.419 e. The zero-order chi connectivity index (χ0) is 21.6. The van der Waals surface area contributed by atoms with Crippen LogP contribution in [0.5, 0.6) is 0 Å². The monoisotopic (exact) mass is 426 g/mol. The number of imidazole rings is 1. The molecule has 1 saturated heterocycles. The van der Waals surface area contributed by atoms with E-state index in [1.807, 2.05) is 31.5 Å². The van der Waals surface area contributed by atoms with Gasteiger partial charge < -0.3 is 14.3 Å². The van der Waals surface area contributed by atoms with Crippen molar-refractivity contribution in [3.8, 4) is 11.3 Å². The fourth-order valence-corrected chi connectivity index (χ4v) is 3.90. The minimum Gasteiger partial charge on any atom is -0.404 e. The molecule has 3 aromatic rings. The maximum atomic E-state index is 12.9. The second kappa shape index (κ2) is 7.46. The van der Waals surface area contributed by atoms with Crippen molar-refractivity contribution in [1.82, 2.24) is 19.9 Å². The van der Waals surface area contributed by atoms with E-state index in [4.69, 9.17) is 16.3 Å². The number of carbonyl (C=O) groups excluding carboxylic acids is 2. The highest BCUT2D eigenvalue weighted by Gasteiger charge is 2.29. The Kier molecular flexibility index (Phi) is 4.95. The van der Waals surface area contributed by atoms with Crippen molar-refractivity contribution in [2.75, 3.05) is 0 Å². The molecule has 2 aromatic heterocycles. The molecule has 9 heteroatoms. The molecule has 8 nitrogen and oxygen atoms in total. The number of imide groups is 1. The third-order valence-corrected chi connectivity index (χ3v) is 5.36. The molecule has 0 aliphatic carbocycles. The molecule has 1 aliphatic rings. The van der Waals surface area contributed by atoms with Crippen LogP contribution in [0.1, 0.15) is 25.3 Å². The number of pyridine rings is 1. The Balaban J connectivity index is 1.74. The van der Waals surface area contributed by atoms with Crippen LogP contribution in [-0.2, 0) is 16.6 Å². The van der Waals surface area contributed by atoms with Crippen LogP contribution in [0.15, 0.2) is 47.2 Å². The third kappa shape index (κ3) is 3.50. The molecular formula is C21H19ClN4O4. The van der Waals surface area contributed by atoms with Gasteiger partial charge in [-0.1, -0.05) is 31.5 Å². The van der Waals surface area contributed by atoms with Crippen LogP contribution in [0, 0.1) is 5.92 Å². The number of benzene rings is 1. The number of fused-ring (bicyclic) bond motifs is 1. The van der Waals surface area contributed by atoms with Crippen LogP contribution in [-0.4, -0.2) is 26.5 Å². The second-order valence-corrected chi connectivity index (χ2v) is 7.89. The minimum atomic E-state index is -0.820.